The van der Waals surface area contributed by atoms with E-state index in [4.69, 9.17) is 4.42 Å². The fourth-order valence-corrected chi connectivity index (χ4v) is 7.72. The Morgan fingerprint density at radius 1 is 0.320 bits per heavy atom. The Balaban J connectivity index is 1.18. The van der Waals surface area contributed by atoms with Gasteiger partial charge in [0.15, 0.2) is 0 Å². The Morgan fingerprint density at radius 3 is 1.78 bits per heavy atom. The van der Waals surface area contributed by atoms with Crippen LogP contribution in [0, 0.1) is 0 Å². The second-order valence-electron chi connectivity index (χ2n) is 12.9. The summed E-state index contributed by atoms with van der Waals surface area (Å²) in [4.78, 5) is 2.37. The van der Waals surface area contributed by atoms with Crippen molar-refractivity contribution in [3.8, 4) is 22.3 Å². The summed E-state index contributed by atoms with van der Waals surface area (Å²) in [5.41, 5.74) is 9.76. The second kappa shape index (κ2) is 11.5. The summed E-state index contributed by atoms with van der Waals surface area (Å²) in [6.07, 6.45) is 0. The zero-order valence-corrected chi connectivity index (χ0v) is 27.3. The molecule has 0 unspecified atom stereocenters. The highest BCUT2D eigenvalue weighted by atomic mass is 16.3. The molecule has 1 heterocycles. The Morgan fingerprint density at radius 2 is 0.920 bits per heavy atom. The van der Waals surface area contributed by atoms with Gasteiger partial charge in [-0.1, -0.05) is 140 Å². The first-order valence-corrected chi connectivity index (χ1v) is 17.1. The lowest BCUT2D eigenvalue weighted by molar-refractivity contribution is 0.669. The first-order chi connectivity index (χ1) is 24.8. The van der Waals surface area contributed by atoms with Gasteiger partial charge < -0.3 is 9.32 Å². The molecule has 0 fully saturated rings. The molecule has 2 heteroatoms. The fourth-order valence-electron chi connectivity index (χ4n) is 7.72. The Bertz CT molecular complexity index is 2870. The molecule has 0 aliphatic heterocycles. The van der Waals surface area contributed by atoms with Crippen LogP contribution in [0.25, 0.3) is 76.5 Å². The molecule has 0 atom stereocenters. The molecular weight excluding hydrogens is 607 g/mol. The van der Waals surface area contributed by atoms with Crippen molar-refractivity contribution in [1.29, 1.82) is 0 Å². The zero-order valence-electron chi connectivity index (χ0n) is 27.3. The minimum absolute atomic E-state index is 0.871. The van der Waals surface area contributed by atoms with Crippen LogP contribution in [0.2, 0.25) is 0 Å². The van der Waals surface area contributed by atoms with E-state index in [1.807, 2.05) is 12.1 Å². The van der Waals surface area contributed by atoms with E-state index in [0.717, 1.165) is 39.0 Å². The highest BCUT2D eigenvalue weighted by Gasteiger charge is 2.20. The number of rotatable bonds is 5. The van der Waals surface area contributed by atoms with E-state index in [1.54, 1.807) is 0 Å². The Kier molecular flexibility index (Phi) is 6.53. The van der Waals surface area contributed by atoms with Gasteiger partial charge in [0, 0.05) is 33.8 Å². The standard InChI is InChI=1S/C48H31NO/c1-3-15-37-32(12-1)14-11-21-40(37)42-19-7-9-22-46(42)49(36-28-29-44-43-20-8-10-23-47(43)50-48(44)31-36)35-26-24-33(25-27-35)45-30-34-13-2-4-16-38(34)39-17-5-6-18-41(39)45/h1-31H. The summed E-state index contributed by atoms with van der Waals surface area (Å²) in [5.74, 6) is 0. The predicted octanol–water partition coefficient (Wildman–Crippen LogP) is 13.8. The van der Waals surface area contributed by atoms with Gasteiger partial charge in [0.1, 0.15) is 11.2 Å². The molecule has 50 heavy (non-hydrogen) atoms. The largest absolute Gasteiger partial charge is 0.456 e. The van der Waals surface area contributed by atoms with Gasteiger partial charge >= 0.3 is 0 Å². The summed E-state index contributed by atoms with van der Waals surface area (Å²) < 4.78 is 6.41. The lowest BCUT2D eigenvalue weighted by Crippen LogP contribution is -2.11. The third kappa shape index (κ3) is 4.57. The van der Waals surface area contributed by atoms with E-state index >= 15 is 0 Å². The van der Waals surface area contributed by atoms with Crippen LogP contribution in [-0.2, 0) is 0 Å². The number of anilines is 3. The minimum atomic E-state index is 0.871. The number of nitrogens with zero attached hydrogens (tertiary/aromatic N) is 1. The number of para-hydroxylation sites is 2. The molecular formula is C48H31NO. The summed E-state index contributed by atoms with van der Waals surface area (Å²) in [7, 11) is 0. The molecule has 0 aliphatic carbocycles. The van der Waals surface area contributed by atoms with Crippen molar-refractivity contribution in [3.63, 3.8) is 0 Å². The smallest absolute Gasteiger partial charge is 0.137 e. The maximum absolute atomic E-state index is 6.41. The number of fused-ring (bicyclic) bond motifs is 7. The van der Waals surface area contributed by atoms with E-state index in [-0.39, 0.29) is 0 Å². The normalized spacial score (nSPS) is 11.6. The van der Waals surface area contributed by atoms with E-state index in [0.29, 0.717) is 0 Å². The van der Waals surface area contributed by atoms with Crippen molar-refractivity contribution in [2.75, 3.05) is 4.90 Å². The van der Waals surface area contributed by atoms with Gasteiger partial charge in [-0.05, 0) is 91.5 Å². The monoisotopic (exact) mass is 637 g/mol. The van der Waals surface area contributed by atoms with E-state index in [1.165, 1.54) is 54.6 Å². The van der Waals surface area contributed by atoms with Crippen LogP contribution >= 0.6 is 0 Å². The first-order valence-electron chi connectivity index (χ1n) is 17.1. The average molecular weight is 638 g/mol. The molecule has 9 aromatic carbocycles. The van der Waals surface area contributed by atoms with E-state index in [2.05, 4.69) is 181 Å². The van der Waals surface area contributed by atoms with Gasteiger partial charge in [-0.15, -0.1) is 0 Å². The first kappa shape index (κ1) is 28.4. The number of hydrogen-bond donors (Lipinski definition) is 0. The molecule has 0 aliphatic rings. The summed E-state index contributed by atoms with van der Waals surface area (Å²) in [5, 5.41) is 9.75. The van der Waals surface area contributed by atoms with Crippen molar-refractivity contribution in [2.24, 2.45) is 0 Å². The van der Waals surface area contributed by atoms with Crippen LogP contribution in [0.5, 0.6) is 0 Å². The van der Waals surface area contributed by atoms with E-state index in [9.17, 15) is 0 Å². The molecule has 0 saturated heterocycles. The molecule has 234 valence electrons. The fraction of sp³-hybridized carbons (Fsp3) is 0. The Labute approximate surface area is 290 Å². The van der Waals surface area contributed by atoms with Gasteiger partial charge in [-0.25, -0.2) is 0 Å². The lowest BCUT2D eigenvalue weighted by atomic mass is 9.93. The summed E-state index contributed by atoms with van der Waals surface area (Å²) in [6.45, 7) is 0. The quantitative estimate of drug-likeness (QED) is 0.175. The van der Waals surface area contributed by atoms with Gasteiger partial charge in [-0.3, -0.25) is 0 Å². The molecule has 0 amide bonds. The number of benzene rings is 9. The van der Waals surface area contributed by atoms with Gasteiger partial charge in [0.25, 0.3) is 0 Å². The third-order valence-corrected chi connectivity index (χ3v) is 10.0. The lowest BCUT2D eigenvalue weighted by Gasteiger charge is -2.28. The maximum atomic E-state index is 6.41. The third-order valence-electron chi connectivity index (χ3n) is 10.0. The van der Waals surface area contributed by atoms with Crippen LogP contribution in [0.3, 0.4) is 0 Å². The summed E-state index contributed by atoms with van der Waals surface area (Å²) >= 11 is 0. The highest BCUT2D eigenvalue weighted by molar-refractivity contribution is 6.14. The van der Waals surface area contributed by atoms with Crippen LogP contribution in [0.4, 0.5) is 17.1 Å². The van der Waals surface area contributed by atoms with Crippen molar-refractivity contribution in [2.45, 2.75) is 0 Å². The molecule has 10 aromatic rings. The van der Waals surface area contributed by atoms with Crippen molar-refractivity contribution in [3.05, 3.63) is 188 Å². The van der Waals surface area contributed by atoms with Crippen molar-refractivity contribution >= 4 is 71.3 Å². The molecule has 10 rings (SSSR count). The average Bonchev–Trinajstić information content (AvgIpc) is 3.56. The molecule has 1 aromatic heterocycles. The molecule has 0 saturated carbocycles. The van der Waals surface area contributed by atoms with Gasteiger partial charge in [-0.2, -0.15) is 0 Å². The molecule has 0 N–H and O–H groups in total. The Hall–Kier alpha value is -6.64. The molecule has 0 spiro atoms. The number of hydrogen-bond acceptors (Lipinski definition) is 2. The van der Waals surface area contributed by atoms with Crippen LogP contribution < -0.4 is 4.90 Å². The van der Waals surface area contributed by atoms with E-state index < -0.39 is 0 Å². The van der Waals surface area contributed by atoms with Gasteiger partial charge in [0.2, 0.25) is 0 Å². The second-order valence-corrected chi connectivity index (χ2v) is 12.9. The minimum Gasteiger partial charge on any atom is -0.456 e. The SMILES string of the molecule is c1ccc(N(c2ccc(-c3cc4ccccc4c4ccccc34)cc2)c2ccc3c(c2)oc2ccccc23)c(-c2cccc3ccccc23)c1. The zero-order chi connectivity index (χ0) is 33.0. The van der Waals surface area contributed by atoms with Crippen molar-refractivity contribution in [1.82, 2.24) is 0 Å². The van der Waals surface area contributed by atoms with Crippen molar-refractivity contribution < 1.29 is 4.42 Å². The molecule has 0 bridgehead atoms. The van der Waals surface area contributed by atoms with Crippen LogP contribution in [0.1, 0.15) is 0 Å². The van der Waals surface area contributed by atoms with Gasteiger partial charge in [0.05, 0.1) is 5.69 Å². The molecule has 2 nitrogen and oxygen atoms in total. The number of furan rings is 1. The maximum Gasteiger partial charge on any atom is 0.137 e. The molecule has 0 radical (unpaired) electrons. The highest BCUT2D eigenvalue weighted by Crippen LogP contribution is 2.45. The van der Waals surface area contributed by atoms with Crippen LogP contribution in [0.15, 0.2) is 192 Å². The summed E-state index contributed by atoms with van der Waals surface area (Å²) in [6, 6.07) is 67.5. The predicted molar refractivity (Wildman–Crippen MR) is 212 cm³/mol. The van der Waals surface area contributed by atoms with Crippen LogP contribution in [-0.4, -0.2) is 0 Å². The topological polar surface area (TPSA) is 16.4 Å².